The summed E-state index contributed by atoms with van der Waals surface area (Å²) in [7, 11) is 0. The average Bonchev–Trinajstić information content (AvgIpc) is 2.31. The Morgan fingerprint density at radius 2 is 2.00 bits per heavy atom. The van der Waals surface area contributed by atoms with Crippen molar-refractivity contribution in [1.29, 1.82) is 0 Å². The maximum Gasteiger partial charge on any atom is 0.132 e. The summed E-state index contributed by atoms with van der Waals surface area (Å²) in [5.41, 5.74) is 7.72. The fourth-order valence-corrected chi connectivity index (χ4v) is 1.81. The van der Waals surface area contributed by atoms with E-state index in [4.69, 9.17) is 22.1 Å². The van der Waals surface area contributed by atoms with E-state index in [2.05, 4.69) is 0 Å². The Morgan fingerprint density at radius 3 is 2.71 bits per heavy atom. The quantitative estimate of drug-likeness (QED) is 0.893. The van der Waals surface area contributed by atoms with Gasteiger partial charge in [0.25, 0.3) is 0 Å². The van der Waals surface area contributed by atoms with Crippen LogP contribution in [-0.2, 0) is 6.54 Å². The highest BCUT2D eigenvalue weighted by Gasteiger charge is 2.04. The van der Waals surface area contributed by atoms with Crippen molar-refractivity contribution in [3.8, 4) is 11.5 Å². The second-order valence-corrected chi connectivity index (χ2v) is 4.31. The Hall–Kier alpha value is -1.51. The van der Waals surface area contributed by atoms with E-state index in [0.29, 0.717) is 11.6 Å². The maximum atomic E-state index is 5.91. The molecule has 0 fully saturated rings. The van der Waals surface area contributed by atoms with Gasteiger partial charge < -0.3 is 10.5 Å². The van der Waals surface area contributed by atoms with Crippen LogP contribution in [0.25, 0.3) is 0 Å². The zero-order chi connectivity index (χ0) is 12.3. The van der Waals surface area contributed by atoms with Crippen LogP contribution in [0.2, 0.25) is 5.02 Å². The van der Waals surface area contributed by atoms with Crippen LogP contribution < -0.4 is 10.5 Å². The molecule has 0 bridgehead atoms. The lowest BCUT2D eigenvalue weighted by atomic mass is 10.2. The molecule has 88 valence electrons. The van der Waals surface area contributed by atoms with Crippen LogP contribution in [0.4, 0.5) is 0 Å². The monoisotopic (exact) mass is 247 g/mol. The number of aryl methyl sites for hydroxylation is 1. The zero-order valence-corrected chi connectivity index (χ0v) is 10.4. The van der Waals surface area contributed by atoms with Crippen LogP contribution in [0.15, 0.2) is 42.5 Å². The molecule has 0 heterocycles. The first kappa shape index (κ1) is 12.0. The van der Waals surface area contributed by atoms with Gasteiger partial charge in [0, 0.05) is 17.1 Å². The van der Waals surface area contributed by atoms with Crippen molar-refractivity contribution in [3.63, 3.8) is 0 Å². The van der Waals surface area contributed by atoms with Crippen molar-refractivity contribution < 1.29 is 4.74 Å². The molecular weight excluding hydrogens is 234 g/mol. The first-order valence-corrected chi connectivity index (χ1v) is 5.80. The highest BCUT2D eigenvalue weighted by atomic mass is 35.5. The number of ether oxygens (including phenoxy) is 1. The molecule has 2 aromatic carbocycles. The van der Waals surface area contributed by atoms with Gasteiger partial charge in [0.05, 0.1) is 0 Å². The Kier molecular flexibility index (Phi) is 3.67. The van der Waals surface area contributed by atoms with Gasteiger partial charge in [-0.25, -0.2) is 0 Å². The smallest absolute Gasteiger partial charge is 0.132 e. The van der Waals surface area contributed by atoms with E-state index in [1.165, 1.54) is 0 Å². The van der Waals surface area contributed by atoms with Gasteiger partial charge in [-0.1, -0.05) is 23.7 Å². The zero-order valence-electron chi connectivity index (χ0n) is 9.61. The number of rotatable bonds is 3. The molecule has 17 heavy (non-hydrogen) atoms. The van der Waals surface area contributed by atoms with E-state index < -0.39 is 0 Å². The molecule has 2 N–H and O–H groups in total. The van der Waals surface area contributed by atoms with Crippen molar-refractivity contribution in [1.82, 2.24) is 0 Å². The van der Waals surface area contributed by atoms with Gasteiger partial charge in [-0.05, 0) is 42.8 Å². The number of hydrogen-bond donors (Lipinski definition) is 1. The third-order valence-electron chi connectivity index (χ3n) is 2.46. The first-order valence-electron chi connectivity index (χ1n) is 5.42. The summed E-state index contributed by atoms with van der Waals surface area (Å²) >= 11 is 5.91. The largest absolute Gasteiger partial charge is 0.457 e. The van der Waals surface area contributed by atoms with Crippen LogP contribution in [0, 0.1) is 6.92 Å². The van der Waals surface area contributed by atoms with Crippen LogP contribution in [0.1, 0.15) is 11.1 Å². The van der Waals surface area contributed by atoms with Crippen molar-refractivity contribution >= 4 is 11.6 Å². The minimum Gasteiger partial charge on any atom is -0.457 e. The first-order chi connectivity index (χ1) is 8.19. The minimum absolute atomic E-state index is 0.404. The lowest BCUT2D eigenvalue weighted by Crippen LogP contribution is -1.99. The van der Waals surface area contributed by atoms with Crippen LogP contribution >= 0.6 is 11.6 Å². The van der Waals surface area contributed by atoms with Crippen molar-refractivity contribution in [2.75, 3.05) is 0 Å². The molecule has 0 aromatic heterocycles. The third kappa shape index (κ3) is 2.99. The molecule has 2 rings (SSSR count). The summed E-state index contributed by atoms with van der Waals surface area (Å²) in [6, 6.07) is 13.4. The summed E-state index contributed by atoms with van der Waals surface area (Å²) in [6.07, 6.45) is 0. The predicted molar refractivity (Wildman–Crippen MR) is 70.6 cm³/mol. The number of benzene rings is 2. The Morgan fingerprint density at radius 1 is 1.18 bits per heavy atom. The van der Waals surface area contributed by atoms with E-state index in [1.807, 2.05) is 43.3 Å². The van der Waals surface area contributed by atoms with Gasteiger partial charge in [-0.15, -0.1) is 0 Å². The molecule has 0 radical (unpaired) electrons. The Labute approximate surface area is 106 Å². The number of nitrogens with two attached hydrogens (primary N) is 1. The number of hydrogen-bond acceptors (Lipinski definition) is 2. The molecule has 3 heteroatoms. The summed E-state index contributed by atoms with van der Waals surface area (Å²) in [5, 5.41) is 0.669. The van der Waals surface area contributed by atoms with Crippen molar-refractivity contribution in [2.45, 2.75) is 13.5 Å². The van der Waals surface area contributed by atoms with Crippen molar-refractivity contribution in [2.24, 2.45) is 5.73 Å². The normalized spacial score (nSPS) is 10.3. The fraction of sp³-hybridized carbons (Fsp3) is 0.143. The lowest BCUT2D eigenvalue weighted by Gasteiger charge is -2.10. The molecule has 0 saturated heterocycles. The summed E-state index contributed by atoms with van der Waals surface area (Å²) in [5.74, 6) is 1.56. The van der Waals surface area contributed by atoms with E-state index in [1.54, 1.807) is 6.07 Å². The lowest BCUT2D eigenvalue weighted by molar-refractivity contribution is 0.476. The topological polar surface area (TPSA) is 35.2 Å². The summed E-state index contributed by atoms with van der Waals surface area (Å²) < 4.78 is 5.80. The van der Waals surface area contributed by atoms with Gasteiger partial charge in [0.2, 0.25) is 0 Å². The van der Waals surface area contributed by atoms with Gasteiger partial charge in [0.15, 0.2) is 0 Å². The van der Waals surface area contributed by atoms with Crippen LogP contribution in [-0.4, -0.2) is 0 Å². The second-order valence-electron chi connectivity index (χ2n) is 3.87. The molecule has 0 aliphatic rings. The number of halogens is 1. The van der Waals surface area contributed by atoms with E-state index >= 15 is 0 Å². The summed E-state index contributed by atoms with van der Waals surface area (Å²) in [6.45, 7) is 2.43. The summed E-state index contributed by atoms with van der Waals surface area (Å²) in [4.78, 5) is 0. The third-order valence-corrected chi connectivity index (χ3v) is 2.69. The highest BCUT2D eigenvalue weighted by Crippen LogP contribution is 2.27. The molecule has 2 nitrogen and oxygen atoms in total. The van der Waals surface area contributed by atoms with Gasteiger partial charge in [-0.3, -0.25) is 0 Å². The Balaban J connectivity index is 2.29. The van der Waals surface area contributed by atoms with Crippen LogP contribution in [0.5, 0.6) is 11.5 Å². The maximum absolute atomic E-state index is 5.91. The molecule has 0 atom stereocenters. The Bertz CT molecular complexity index is 525. The fourth-order valence-electron chi connectivity index (χ4n) is 1.61. The molecule has 0 aliphatic carbocycles. The molecule has 2 aromatic rings. The standard InChI is InChI=1S/C14H14ClNO/c1-10-3-2-4-13(7-10)17-14-6-5-12(15)8-11(14)9-16/h2-8H,9,16H2,1H3. The minimum atomic E-state index is 0.404. The second kappa shape index (κ2) is 5.21. The molecule has 0 saturated carbocycles. The van der Waals surface area contributed by atoms with E-state index in [-0.39, 0.29) is 0 Å². The molecule has 0 aliphatic heterocycles. The highest BCUT2D eigenvalue weighted by molar-refractivity contribution is 6.30. The molecule has 0 amide bonds. The van der Waals surface area contributed by atoms with Crippen LogP contribution in [0.3, 0.4) is 0 Å². The van der Waals surface area contributed by atoms with E-state index in [0.717, 1.165) is 22.6 Å². The molecule has 0 spiro atoms. The SMILES string of the molecule is Cc1cccc(Oc2ccc(Cl)cc2CN)c1. The molecule has 0 unspecified atom stereocenters. The average molecular weight is 248 g/mol. The van der Waals surface area contributed by atoms with E-state index in [9.17, 15) is 0 Å². The predicted octanol–water partition coefficient (Wildman–Crippen LogP) is 3.90. The van der Waals surface area contributed by atoms with Gasteiger partial charge in [0.1, 0.15) is 11.5 Å². The van der Waals surface area contributed by atoms with Gasteiger partial charge >= 0.3 is 0 Å². The van der Waals surface area contributed by atoms with Crippen molar-refractivity contribution in [3.05, 3.63) is 58.6 Å². The van der Waals surface area contributed by atoms with Gasteiger partial charge in [-0.2, -0.15) is 0 Å². The molecular formula is C14H14ClNO.